The minimum absolute atomic E-state index is 0.981. The molecule has 2 aromatic rings. The minimum atomic E-state index is 0.981. The number of nitrogens with zero attached hydrogens (tertiary/aromatic N) is 1. The lowest BCUT2D eigenvalue weighted by molar-refractivity contribution is 1.17. The molecule has 0 aliphatic heterocycles. The average molecular weight is 190 g/mol. The first kappa shape index (κ1) is 10.8. The van der Waals surface area contributed by atoms with Gasteiger partial charge in [0.25, 0.3) is 0 Å². The number of rotatable bonds is 0. The minimum Gasteiger partial charge on any atom is -0.342 e. The zero-order valence-corrected chi connectivity index (χ0v) is 9.60. The maximum absolute atomic E-state index is 4.36. The molecule has 1 heterocycles. The Morgan fingerprint density at radius 2 is 1.57 bits per heavy atom. The molecule has 2 heteroatoms. The molecule has 0 fully saturated rings. The smallest absolute Gasteiger partial charge is 0.104 e. The molecule has 0 radical (unpaired) electrons. The number of fused-ring (bicyclic) bond motifs is 1. The van der Waals surface area contributed by atoms with Crippen LogP contribution in [0.15, 0.2) is 12.1 Å². The molecule has 1 aromatic carbocycles. The lowest BCUT2D eigenvalue weighted by atomic mass is 10.1. The van der Waals surface area contributed by atoms with Crippen LogP contribution in [0, 0.1) is 20.8 Å². The number of H-pyrrole nitrogens is 1. The fraction of sp³-hybridized carbons (Fsp3) is 0.417. The molecule has 0 aliphatic carbocycles. The van der Waals surface area contributed by atoms with Crippen LogP contribution in [-0.4, -0.2) is 9.97 Å². The fourth-order valence-electron chi connectivity index (χ4n) is 1.40. The Balaban J connectivity index is 0.000000461. The van der Waals surface area contributed by atoms with Crippen molar-refractivity contribution in [3.8, 4) is 0 Å². The van der Waals surface area contributed by atoms with Gasteiger partial charge in [0, 0.05) is 0 Å². The number of hydrogen-bond donors (Lipinski definition) is 1. The Morgan fingerprint density at radius 3 is 2.21 bits per heavy atom. The summed E-state index contributed by atoms with van der Waals surface area (Å²) in [5.41, 5.74) is 4.81. The molecule has 0 saturated carbocycles. The third-order valence-corrected chi connectivity index (χ3v) is 2.22. The maximum Gasteiger partial charge on any atom is 0.104 e. The average Bonchev–Trinajstić information content (AvgIpc) is 2.49. The van der Waals surface area contributed by atoms with E-state index in [-0.39, 0.29) is 0 Å². The highest BCUT2D eigenvalue weighted by Gasteiger charge is 2.00. The van der Waals surface area contributed by atoms with E-state index in [1.165, 1.54) is 11.1 Å². The number of benzene rings is 1. The van der Waals surface area contributed by atoms with Crippen molar-refractivity contribution >= 4 is 11.0 Å². The Kier molecular flexibility index (Phi) is 3.28. The second kappa shape index (κ2) is 4.27. The van der Waals surface area contributed by atoms with E-state index >= 15 is 0 Å². The van der Waals surface area contributed by atoms with Gasteiger partial charge in [0.05, 0.1) is 11.0 Å². The van der Waals surface area contributed by atoms with Gasteiger partial charge in [-0.15, -0.1) is 0 Å². The Hall–Kier alpha value is -1.31. The molecule has 2 nitrogen and oxygen atoms in total. The third kappa shape index (κ3) is 1.95. The highest BCUT2D eigenvalue weighted by atomic mass is 14.9. The molecule has 0 spiro atoms. The predicted octanol–water partition coefficient (Wildman–Crippen LogP) is 3.51. The first-order valence-electron chi connectivity index (χ1n) is 5.10. The van der Waals surface area contributed by atoms with Crippen LogP contribution in [0.2, 0.25) is 0 Å². The summed E-state index contributed by atoms with van der Waals surface area (Å²) in [6, 6.07) is 4.26. The SMILES string of the molecule is CC.Cc1nc2cc(C)c(C)cc2[nH]1. The summed E-state index contributed by atoms with van der Waals surface area (Å²) >= 11 is 0. The molecule has 0 unspecified atom stereocenters. The molecular formula is C12H18N2. The second-order valence-electron chi connectivity index (χ2n) is 3.28. The summed E-state index contributed by atoms with van der Waals surface area (Å²) in [6.45, 7) is 10.2. The van der Waals surface area contributed by atoms with Crippen LogP contribution in [0.1, 0.15) is 30.8 Å². The number of imidazole rings is 1. The molecule has 0 saturated heterocycles. The number of aromatic amines is 1. The van der Waals surface area contributed by atoms with Gasteiger partial charge in [-0.3, -0.25) is 0 Å². The molecule has 0 aliphatic rings. The lowest BCUT2D eigenvalue weighted by Gasteiger charge is -1.97. The summed E-state index contributed by atoms with van der Waals surface area (Å²) in [6.07, 6.45) is 0. The molecular weight excluding hydrogens is 172 g/mol. The third-order valence-electron chi connectivity index (χ3n) is 2.22. The van der Waals surface area contributed by atoms with Gasteiger partial charge in [0.1, 0.15) is 5.82 Å². The Morgan fingerprint density at radius 1 is 1.00 bits per heavy atom. The number of nitrogens with one attached hydrogen (secondary N) is 1. The molecule has 0 amide bonds. The van der Waals surface area contributed by atoms with Gasteiger partial charge in [-0.05, 0) is 44.0 Å². The molecule has 76 valence electrons. The molecule has 1 N–H and O–H groups in total. The van der Waals surface area contributed by atoms with E-state index < -0.39 is 0 Å². The van der Waals surface area contributed by atoms with Crippen LogP contribution in [0.5, 0.6) is 0 Å². The van der Waals surface area contributed by atoms with E-state index in [1.54, 1.807) is 0 Å². The topological polar surface area (TPSA) is 28.7 Å². The lowest BCUT2D eigenvalue weighted by Crippen LogP contribution is -1.79. The maximum atomic E-state index is 4.36. The number of hydrogen-bond acceptors (Lipinski definition) is 1. The standard InChI is InChI=1S/C10H12N2.C2H6/c1-6-4-9-10(5-7(6)2)12-8(3)11-9;1-2/h4-5H,1-3H3,(H,11,12);1-2H3. The first-order valence-corrected chi connectivity index (χ1v) is 5.10. The Labute approximate surface area is 85.4 Å². The summed E-state index contributed by atoms with van der Waals surface area (Å²) in [5.74, 6) is 0.981. The van der Waals surface area contributed by atoms with Crippen LogP contribution in [0.25, 0.3) is 11.0 Å². The fourth-order valence-corrected chi connectivity index (χ4v) is 1.40. The highest BCUT2D eigenvalue weighted by molar-refractivity contribution is 5.76. The van der Waals surface area contributed by atoms with Gasteiger partial charge in [-0.1, -0.05) is 13.8 Å². The van der Waals surface area contributed by atoms with Gasteiger partial charge in [-0.2, -0.15) is 0 Å². The van der Waals surface area contributed by atoms with Crippen LogP contribution >= 0.6 is 0 Å². The molecule has 1 aromatic heterocycles. The van der Waals surface area contributed by atoms with Crippen LogP contribution in [0.4, 0.5) is 0 Å². The summed E-state index contributed by atoms with van der Waals surface area (Å²) in [4.78, 5) is 7.57. The van der Waals surface area contributed by atoms with Crippen LogP contribution in [-0.2, 0) is 0 Å². The van der Waals surface area contributed by atoms with Crippen LogP contribution < -0.4 is 0 Å². The van der Waals surface area contributed by atoms with E-state index in [0.717, 1.165) is 16.9 Å². The van der Waals surface area contributed by atoms with E-state index in [0.29, 0.717) is 0 Å². The predicted molar refractivity (Wildman–Crippen MR) is 61.7 cm³/mol. The molecule has 14 heavy (non-hydrogen) atoms. The van der Waals surface area contributed by atoms with Crippen molar-refractivity contribution in [1.82, 2.24) is 9.97 Å². The monoisotopic (exact) mass is 190 g/mol. The second-order valence-corrected chi connectivity index (χ2v) is 3.28. The van der Waals surface area contributed by atoms with Crippen molar-refractivity contribution in [2.24, 2.45) is 0 Å². The zero-order chi connectivity index (χ0) is 10.7. The Bertz CT molecular complexity index is 388. The molecule has 0 atom stereocenters. The van der Waals surface area contributed by atoms with Crippen molar-refractivity contribution < 1.29 is 0 Å². The molecule has 2 rings (SSSR count). The van der Waals surface area contributed by atoms with Crippen molar-refractivity contribution in [2.75, 3.05) is 0 Å². The van der Waals surface area contributed by atoms with Crippen molar-refractivity contribution in [2.45, 2.75) is 34.6 Å². The van der Waals surface area contributed by atoms with Gasteiger partial charge in [-0.25, -0.2) is 4.98 Å². The normalized spacial score (nSPS) is 9.79. The summed E-state index contributed by atoms with van der Waals surface area (Å²) in [5, 5.41) is 0. The molecule has 0 bridgehead atoms. The summed E-state index contributed by atoms with van der Waals surface area (Å²) in [7, 11) is 0. The van der Waals surface area contributed by atoms with Gasteiger partial charge in [0.2, 0.25) is 0 Å². The van der Waals surface area contributed by atoms with E-state index in [4.69, 9.17) is 0 Å². The van der Waals surface area contributed by atoms with Crippen molar-refractivity contribution in [3.63, 3.8) is 0 Å². The largest absolute Gasteiger partial charge is 0.342 e. The van der Waals surface area contributed by atoms with Crippen LogP contribution in [0.3, 0.4) is 0 Å². The van der Waals surface area contributed by atoms with Crippen molar-refractivity contribution in [3.05, 3.63) is 29.1 Å². The van der Waals surface area contributed by atoms with E-state index in [1.807, 2.05) is 20.8 Å². The van der Waals surface area contributed by atoms with Gasteiger partial charge >= 0.3 is 0 Å². The highest BCUT2D eigenvalue weighted by Crippen LogP contribution is 2.16. The quantitative estimate of drug-likeness (QED) is 0.676. The van der Waals surface area contributed by atoms with E-state index in [9.17, 15) is 0 Å². The number of aryl methyl sites for hydroxylation is 3. The van der Waals surface area contributed by atoms with Gasteiger partial charge in [0.15, 0.2) is 0 Å². The first-order chi connectivity index (χ1) is 6.66. The number of aromatic nitrogens is 2. The van der Waals surface area contributed by atoms with Gasteiger partial charge < -0.3 is 4.98 Å². The van der Waals surface area contributed by atoms with Crippen molar-refractivity contribution in [1.29, 1.82) is 0 Å². The zero-order valence-electron chi connectivity index (χ0n) is 9.60. The van der Waals surface area contributed by atoms with E-state index in [2.05, 4.69) is 35.9 Å². The summed E-state index contributed by atoms with van der Waals surface area (Å²) < 4.78 is 0.